The topological polar surface area (TPSA) is 73.8 Å². The van der Waals surface area contributed by atoms with Crippen molar-refractivity contribution < 1.29 is 4.79 Å². The molecule has 0 spiro atoms. The second-order valence-corrected chi connectivity index (χ2v) is 9.22. The summed E-state index contributed by atoms with van der Waals surface area (Å²) in [6, 6.07) is 17.5. The van der Waals surface area contributed by atoms with Crippen LogP contribution >= 0.6 is 23.4 Å². The van der Waals surface area contributed by atoms with Crippen LogP contribution in [0.1, 0.15) is 28.1 Å². The number of fused-ring (bicyclic) bond motifs is 1. The van der Waals surface area contributed by atoms with Crippen molar-refractivity contribution in [3.8, 4) is 5.69 Å². The number of nitrogens with one attached hydrogen (secondary N) is 1. The van der Waals surface area contributed by atoms with E-state index in [-0.39, 0.29) is 11.4 Å². The van der Waals surface area contributed by atoms with Gasteiger partial charge in [-0.2, -0.15) is 15.1 Å². The van der Waals surface area contributed by atoms with Crippen LogP contribution in [0.5, 0.6) is 0 Å². The molecule has 0 unspecified atom stereocenters. The summed E-state index contributed by atoms with van der Waals surface area (Å²) in [7, 11) is 0. The first-order chi connectivity index (χ1) is 15.8. The number of para-hydroxylation sites is 1. The highest BCUT2D eigenvalue weighted by molar-refractivity contribution is 8.27. The van der Waals surface area contributed by atoms with Gasteiger partial charge in [-0.15, -0.1) is 0 Å². The summed E-state index contributed by atoms with van der Waals surface area (Å²) in [5.74, 6) is -0.425. The molecule has 1 amide bonds. The van der Waals surface area contributed by atoms with E-state index < -0.39 is 5.91 Å². The molecule has 3 aromatic rings. The summed E-state index contributed by atoms with van der Waals surface area (Å²) < 4.78 is 2.04. The fourth-order valence-electron chi connectivity index (χ4n) is 4.01. The summed E-state index contributed by atoms with van der Waals surface area (Å²) in [6.07, 6.45) is 1.71. The number of aromatic nitrogens is 1. The molecule has 0 atom stereocenters. The van der Waals surface area contributed by atoms with Crippen LogP contribution in [0.15, 0.2) is 70.3 Å². The molecule has 33 heavy (non-hydrogen) atoms. The van der Waals surface area contributed by atoms with Crippen molar-refractivity contribution in [2.75, 3.05) is 0 Å². The van der Waals surface area contributed by atoms with Crippen LogP contribution in [-0.2, 0) is 4.79 Å². The molecule has 0 saturated heterocycles. The fraction of sp³-hybridized carbons (Fsp3) is 0.120. The number of carbonyl (C=O) groups is 1. The van der Waals surface area contributed by atoms with Gasteiger partial charge in [0.25, 0.3) is 5.91 Å². The first kappa shape index (κ1) is 21.4. The van der Waals surface area contributed by atoms with E-state index >= 15 is 0 Å². The summed E-state index contributed by atoms with van der Waals surface area (Å²) in [4.78, 5) is 17.1. The average molecular weight is 474 g/mol. The highest BCUT2D eigenvalue weighted by Gasteiger charge is 2.36. The van der Waals surface area contributed by atoms with E-state index in [1.807, 2.05) is 79.9 Å². The zero-order valence-electron chi connectivity index (χ0n) is 18.3. The van der Waals surface area contributed by atoms with Gasteiger partial charge in [0.1, 0.15) is 5.04 Å². The minimum Gasteiger partial charge on any atom is -0.316 e. The zero-order valence-corrected chi connectivity index (χ0v) is 19.8. The standard InChI is InChI=1S/C25H20ClN5OS/c1-14-8-4-5-9-18(14)24-29-31-22(27)19(23(32)28-25(31)33-24)13-17-12-15(2)30(16(17)3)21-11-7-6-10-20(21)26/h4-13,27H,1-3H3. The predicted octanol–water partition coefficient (Wildman–Crippen LogP) is 5.72. The van der Waals surface area contributed by atoms with E-state index in [1.54, 1.807) is 6.08 Å². The van der Waals surface area contributed by atoms with Crippen LogP contribution in [0, 0.1) is 26.2 Å². The van der Waals surface area contributed by atoms with Gasteiger partial charge in [0, 0.05) is 17.0 Å². The number of hydrazone groups is 1. The lowest BCUT2D eigenvalue weighted by Crippen LogP contribution is -2.35. The number of hydrogen-bond acceptors (Lipinski definition) is 4. The number of thioether (sulfide) groups is 1. The summed E-state index contributed by atoms with van der Waals surface area (Å²) in [6.45, 7) is 5.96. The van der Waals surface area contributed by atoms with Gasteiger partial charge in [0.05, 0.1) is 16.3 Å². The summed E-state index contributed by atoms with van der Waals surface area (Å²) >= 11 is 7.72. The molecule has 0 saturated carbocycles. The third-order valence-corrected chi connectivity index (χ3v) is 6.95. The number of carbonyl (C=O) groups excluding carboxylic acids is 1. The Balaban J connectivity index is 1.53. The van der Waals surface area contributed by atoms with E-state index in [4.69, 9.17) is 17.0 Å². The molecule has 3 heterocycles. The minimum absolute atomic E-state index is 0.0173. The third-order valence-electron chi connectivity index (χ3n) is 5.69. The zero-order chi connectivity index (χ0) is 23.3. The van der Waals surface area contributed by atoms with Gasteiger partial charge in [-0.25, -0.2) is 0 Å². The van der Waals surface area contributed by atoms with Crippen molar-refractivity contribution in [2.45, 2.75) is 20.8 Å². The normalized spacial score (nSPS) is 16.8. The maximum absolute atomic E-state index is 12.9. The molecule has 0 aliphatic carbocycles. The Morgan fingerprint density at radius 2 is 1.79 bits per heavy atom. The van der Waals surface area contributed by atoms with Crippen molar-refractivity contribution in [1.82, 2.24) is 9.58 Å². The van der Waals surface area contributed by atoms with Crippen LogP contribution in [0.2, 0.25) is 5.02 Å². The van der Waals surface area contributed by atoms with E-state index in [9.17, 15) is 4.79 Å². The molecule has 164 valence electrons. The average Bonchev–Trinajstić information content (AvgIpc) is 3.32. The Labute approximate surface area is 200 Å². The number of aliphatic imine (C=N–C) groups is 1. The highest BCUT2D eigenvalue weighted by Crippen LogP contribution is 2.33. The van der Waals surface area contributed by atoms with Crippen molar-refractivity contribution in [1.29, 1.82) is 5.41 Å². The van der Waals surface area contributed by atoms with Gasteiger partial charge in [-0.1, -0.05) is 48.0 Å². The second kappa shape index (κ2) is 8.17. The molecule has 6 nitrogen and oxygen atoms in total. The van der Waals surface area contributed by atoms with Gasteiger partial charge in [0.2, 0.25) is 5.17 Å². The van der Waals surface area contributed by atoms with Gasteiger partial charge in [-0.3, -0.25) is 10.2 Å². The molecule has 2 aliphatic heterocycles. The Morgan fingerprint density at radius 1 is 1.06 bits per heavy atom. The number of hydrogen-bond donors (Lipinski definition) is 1. The first-order valence-corrected chi connectivity index (χ1v) is 11.5. The molecular formula is C25H20ClN5OS. The molecule has 5 rings (SSSR count). The molecule has 0 bridgehead atoms. The lowest BCUT2D eigenvalue weighted by Gasteiger charge is -2.20. The van der Waals surface area contributed by atoms with E-state index in [0.717, 1.165) is 38.8 Å². The van der Waals surface area contributed by atoms with E-state index in [0.29, 0.717) is 10.2 Å². The number of aryl methyl sites for hydroxylation is 2. The lowest BCUT2D eigenvalue weighted by molar-refractivity contribution is -0.114. The van der Waals surface area contributed by atoms with Crippen LogP contribution < -0.4 is 0 Å². The molecule has 2 aliphatic rings. The summed E-state index contributed by atoms with van der Waals surface area (Å²) in [5.41, 5.74) is 5.83. The van der Waals surface area contributed by atoms with Gasteiger partial charge >= 0.3 is 0 Å². The van der Waals surface area contributed by atoms with Gasteiger partial charge in [-0.05, 0) is 67.9 Å². The molecule has 1 N–H and O–H groups in total. The summed E-state index contributed by atoms with van der Waals surface area (Å²) in [5, 5.41) is 16.5. The van der Waals surface area contributed by atoms with Crippen molar-refractivity contribution >= 4 is 51.4 Å². The Bertz CT molecular complexity index is 1430. The van der Waals surface area contributed by atoms with E-state index in [2.05, 4.69) is 10.1 Å². The monoisotopic (exact) mass is 473 g/mol. The SMILES string of the molecule is Cc1ccccc1C1=NN2C(=N)C(=Cc3cc(C)n(-c4ccccc4Cl)c3C)C(=O)N=C2S1. The number of benzene rings is 2. The number of rotatable bonds is 3. The number of halogens is 1. The van der Waals surface area contributed by atoms with Crippen molar-refractivity contribution in [3.05, 3.63) is 93.3 Å². The van der Waals surface area contributed by atoms with Crippen LogP contribution in [-0.4, -0.2) is 31.5 Å². The van der Waals surface area contributed by atoms with Crippen molar-refractivity contribution in [2.24, 2.45) is 10.1 Å². The largest absolute Gasteiger partial charge is 0.316 e. The molecule has 2 aromatic carbocycles. The smallest absolute Gasteiger partial charge is 0.283 e. The number of amidine groups is 2. The number of nitrogens with zero attached hydrogens (tertiary/aromatic N) is 4. The Hall–Kier alpha value is -3.42. The van der Waals surface area contributed by atoms with Gasteiger partial charge in [0.15, 0.2) is 5.84 Å². The maximum Gasteiger partial charge on any atom is 0.283 e. The fourth-order valence-corrected chi connectivity index (χ4v) is 5.21. The predicted molar refractivity (Wildman–Crippen MR) is 136 cm³/mol. The lowest BCUT2D eigenvalue weighted by atomic mass is 10.1. The molecule has 0 fully saturated rings. The minimum atomic E-state index is -0.442. The quantitative estimate of drug-likeness (QED) is 0.494. The first-order valence-electron chi connectivity index (χ1n) is 10.3. The Kier molecular flexibility index (Phi) is 5.31. The van der Waals surface area contributed by atoms with Crippen molar-refractivity contribution in [3.63, 3.8) is 0 Å². The second-order valence-electron chi connectivity index (χ2n) is 7.85. The maximum atomic E-state index is 12.9. The van der Waals surface area contributed by atoms with Gasteiger partial charge < -0.3 is 4.57 Å². The van der Waals surface area contributed by atoms with Crippen LogP contribution in [0.3, 0.4) is 0 Å². The van der Waals surface area contributed by atoms with Crippen LogP contribution in [0.25, 0.3) is 11.8 Å². The highest BCUT2D eigenvalue weighted by atomic mass is 35.5. The Morgan fingerprint density at radius 3 is 2.55 bits per heavy atom. The molecule has 8 heteroatoms. The molecule has 0 radical (unpaired) electrons. The molecular weight excluding hydrogens is 454 g/mol. The van der Waals surface area contributed by atoms with Crippen LogP contribution in [0.4, 0.5) is 0 Å². The van der Waals surface area contributed by atoms with E-state index in [1.165, 1.54) is 16.8 Å². The number of amides is 1. The third kappa shape index (κ3) is 3.63. The molecule has 1 aromatic heterocycles.